The van der Waals surface area contributed by atoms with Gasteiger partial charge in [0, 0.05) is 5.33 Å². The molecule has 0 aromatic heterocycles. The fourth-order valence-electron chi connectivity index (χ4n) is 2.19. The van der Waals surface area contributed by atoms with Crippen LogP contribution in [0.25, 0.3) is 0 Å². The normalized spacial score (nSPS) is 14.7. The summed E-state index contributed by atoms with van der Waals surface area (Å²) in [6.45, 7) is 6.21. The number of hydrogen-bond acceptors (Lipinski definition) is 2. The third-order valence-electron chi connectivity index (χ3n) is 3.08. The standard InChI is InChI=1S/C14H21BrO2/c1-4-10-6-9(3)7-11(5-2)13(10)14(17)12(16)8-15/h6-7,12,14,16-17H,4-5,8H2,1-3H3. The minimum Gasteiger partial charge on any atom is -0.389 e. The van der Waals surface area contributed by atoms with Crippen molar-refractivity contribution in [3.05, 3.63) is 34.4 Å². The smallest absolute Gasteiger partial charge is 0.106 e. The molecule has 0 bridgehead atoms. The van der Waals surface area contributed by atoms with Crippen LogP contribution in [0, 0.1) is 6.92 Å². The molecule has 0 amide bonds. The molecule has 17 heavy (non-hydrogen) atoms. The van der Waals surface area contributed by atoms with E-state index >= 15 is 0 Å². The maximum atomic E-state index is 10.2. The molecule has 1 aromatic carbocycles. The molecule has 1 aromatic rings. The molecule has 2 N–H and O–H groups in total. The maximum absolute atomic E-state index is 10.2. The van der Waals surface area contributed by atoms with E-state index in [1.54, 1.807) is 0 Å². The quantitative estimate of drug-likeness (QED) is 0.821. The van der Waals surface area contributed by atoms with Crippen LogP contribution in [-0.4, -0.2) is 21.6 Å². The first-order chi connectivity index (χ1) is 8.04. The van der Waals surface area contributed by atoms with Crippen LogP contribution in [0.15, 0.2) is 12.1 Å². The molecule has 96 valence electrons. The van der Waals surface area contributed by atoms with Crippen LogP contribution in [0.3, 0.4) is 0 Å². The second kappa shape index (κ2) is 6.53. The Balaban J connectivity index is 3.28. The van der Waals surface area contributed by atoms with Crippen LogP contribution in [-0.2, 0) is 12.8 Å². The van der Waals surface area contributed by atoms with Crippen molar-refractivity contribution in [2.45, 2.75) is 45.8 Å². The molecule has 3 heteroatoms. The van der Waals surface area contributed by atoms with Crippen molar-refractivity contribution in [3.8, 4) is 0 Å². The van der Waals surface area contributed by atoms with Crippen molar-refractivity contribution in [1.29, 1.82) is 0 Å². The van der Waals surface area contributed by atoms with Gasteiger partial charge >= 0.3 is 0 Å². The second-order valence-electron chi connectivity index (χ2n) is 4.37. The van der Waals surface area contributed by atoms with Gasteiger partial charge < -0.3 is 10.2 Å². The molecule has 0 fully saturated rings. The van der Waals surface area contributed by atoms with E-state index in [2.05, 4.69) is 48.8 Å². The molecule has 0 saturated heterocycles. The Labute approximate surface area is 112 Å². The van der Waals surface area contributed by atoms with Crippen molar-refractivity contribution in [2.75, 3.05) is 5.33 Å². The largest absolute Gasteiger partial charge is 0.389 e. The van der Waals surface area contributed by atoms with Gasteiger partial charge in [0.1, 0.15) is 6.10 Å². The van der Waals surface area contributed by atoms with Crippen LogP contribution in [0.4, 0.5) is 0 Å². The zero-order valence-electron chi connectivity index (χ0n) is 10.7. The summed E-state index contributed by atoms with van der Waals surface area (Å²) in [5.74, 6) is 0. The van der Waals surface area contributed by atoms with E-state index in [0.29, 0.717) is 5.33 Å². The topological polar surface area (TPSA) is 40.5 Å². The molecule has 2 atom stereocenters. The van der Waals surface area contributed by atoms with Crippen molar-refractivity contribution in [1.82, 2.24) is 0 Å². The first kappa shape index (κ1) is 14.7. The van der Waals surface area contributed by atoms with Gasteiger partial charge in [-0.25, -0.2) is 0 Å². The highest BCUT2D eigenvalue weighted by Crippen LogP contribution is 2.28. The summed E-state index contributed by atoms with van der Waals surface area (Å²) in [5.41, 5.74) is 4.39. The van der Waals surface area contributed by atoms with Gasteiger partial charge in [0.05, 0.1) is 6.10 Å². The Morgan fingerprint density at radius 2 is 1.59 bits per heavy atom. The highest BCUT2D eigenvalue weighted by atomic mass is 79.9. The maximum Gasteiger partial charge on any atom is 0.106 e. The number of aryl methyl sites for hydroxylation is 3. The molecule has 0 heterocycles. The van der Waals surface area contributed by atoms with E-state index in [0.717, 1.165) is 29.5 Å². The molecule has 0 radical (unpaired) electrons. The molecule has 2 nitrogen and oxygen atoms in total. The predicted octanol–water partition coefficient (Wildman–Crippen LogP) is 2.91. The number of aliphatic hydroxyl groups is 2. The number of halogens is 1. The summed E-state index contributed by atoms with van der Waals surface area (Å²) in [4.78, 5) is 0. The fraction of sp³-hybridized carbons (Fsp3) is 0.571. The van der Waals surface area contributed by atoms with Crippen LogP contribution in [0.2, 0.25) is 0 Å². The molecular formula is C14H21BrO2. The minimum absolute atomic E-state index is 0.383. The van der Waals surface area contributed by atoms with Crippen LogP contribution in [0.5, 0.6) is 0 Å². The molecule has 0 aliphatic carbocycles. The van der Waals surface area contributed by atoms with Crippen molar-refractivity contribution >= 4 is 15.9 Å². The number of benzene rings is 1. The summed E-state index contributed by atoms with van der Waals surface area (Å²) in [6.07, 6.45) is 0.180. The van der Waals surface area contributed by atoms with Crippen LogP contribution in [0.1, 0.15) is 42.2 Å². The average molecular weight is 301 g/mol. The Bertz CT molecular complexity index is 351. The third kappa shape index (κ3) is 3.30. The van der Waals surface area contributed by atoms with Gasteiger partial charge in [0.25, 0.3) is 0 Å². The number of alkyl halides is 1. The van der Waals surface area contributed by atoms with Crippen molar-refractivity contribution in [3.63, 3.8) is 0 Å². The molecule has 1 rings (SSSR count). The minimum atomic E-state index is -0.806. The van der Waals surface area contributed by atoms with Crippen LogP contribution >= 0.6 is 15.9 Å². The Hall–Kier alpha value is -0.380. The summed E-state index contributed by atoms with van der Waals surface area (Å²) in [5, 5.41) is 20.4. The zero-order chi connectivity index (χ0) is 13.0. The highest BCUT2D eigenvalue weighted by Gasteiger charge is 2.22. The van der Waals surface area contributed by atoms with E-state index in [-0.39, 0.29) is 0 Å². The van der Waals surface area contributed by atoms with Gasteiger partial charge in [0.2, 0.25) is 0 Å². The lowest BCUT2D eigenvalue weighted by Crippen LogP contribution is -2.22. The SMILES string of the molecule is CCc1cc(C)cc(CC)c1C(O)C(O)CBr. The summed E-state index contributed by atoms with van der Waals surface area (Å²) >= 11 is 3.21. The predicted molar refractivity (Wildman–Crippen MR) is 74.7 cm³/mol. The van der Waals surface area contributed by atoms with Gasteiger partial charge in [-0.05, 0) is 36.5 Å². The molecule has 0 aliphatic heterocycles. The molecule has 2 unspecified atom stereocenters. The summed E-state index contributed by atoms with van der Waals surface area (Å²) in [6, 6.07) is 4.19. The average Bonchev–Trinajstić information content (AvgIpc) is 2.35. The lowest BCUT2D eigenvalue weighted by atomic mass is 9.90. The Morgan fingerprint density at radius 3 is 1.94 bits per heavy atom. The van der Waals surface area contributed by atoms with E-state index in [1.807, 2.05) is 0 Å². The van der Waals surface area contributed by atoms with E-state index < -0.39 is 12.2 Å². The van der Waals surface area contributed by atoms with E-state index in [4.69, 9.17) is 0 Å². The number of rotatable bonds is 5. The summed E-state index contributed by atoms with van der Waals surface area (Å²) in [7, 11) is 0. The van der Waals surface area contributed by atoms with Gasteiger partial charge in [0.15, 0.2) is 0 Å². The van der Waals surface area contributed by atoms with Gasteiger partial charge in [-0.1, -0.05) is 47.5 Å². The van der Waals surface area contributed by atoms with Gasteiger partial charge in [-0.3, -0.25) is 0 Å². The molecule has 0 aliphatic rings. The van der Waals surface area contributed by atoms with Crippen molar-refractivity contribution in [2.24, 2.45) is 0 Å². The van der Waals surface area contributed by atoms with E-state index in [1.165, 1.54) is 5.56 Å². The zero-order valence-corrected chi connectivity index (χ0v) is 12.3. The molecule has 0 saturated carbocycles. The Morgan fingerprint density at radius 1 is 1.12 bits per heavy atom. The molecule has 0 spiro atoms. The first-order valence-electron chi connectivity index (χ1n) is 6.09. The van der Waals surface area contributed by atoms with E-state index in [9.17, 15) is 10.2 Å². The lowest BCUT2D eigenvalue weighted by Gasteiger charge is -2.22. The van der Waals surface area contributed by atoms with Crippen molar-refractivity contribution < 1.29 is 10.2 Å². The van der Waals surface area contributed by atoms with Gasteiger partial charge in [-0.15, -0.1) is 0 Å². The number of hydrogen-bond donors (Lipinski definition) is 2. The fourth-order valence-corrected chi connectivity index (χ4v) is 2.55. The lowest BCUT2D eigenvalue weighted by molar-refractivity contribution is 0.0332. The third-order valence-corrected chi connectivity index (χ3v) is 3.74. The highest BCUT2D eigenvalue weighted by molar-refractivity contribution is 9.09. The monoisotopic (exact) mass is 300 g/mol. The van der Waals surface area contributed by atoms with Crippen LogP contribution < -0.4 is 0 Å². The number of aliphatic hydroxyl groups excluding tert-OH is 2. The van der Waals surface area contributed by atoms with Gasteiger partial charge in [-0.2, -0.15) is 0 Å². The second-order valence-corrected chi connectivity index (χ2v) is 5.02. The first-order valence-corrected chi connectivity index (χ1v) is 7.21. The summed E-state index contributed by atoms with van der Waals surface area (Å²) < 4.78 is 0. The molecular weight excluding hydrogens is 280 g/mol. The Kier molecular flexibility index (Phi) is 5.63.